The topological polar surface area (TPSA) is 66.6 Å². The van der Waals surface area contributed by atoms with Crippen LogP contribution >= 0.6 is 11.6 Å². The number of halogens is 1. The number of pyridine rings is 1. The molecular formula is C14H10ClN3O2. The summed E-state index contributed by atoms with van der Waals surface area (Å²) in [5, 5.41) is 12.9. The monoisotopic (exact) mass is 287 g/mol. The minimum atomic E-state index is -1.05. The van der Waals surface area contributed by atoms with Crippen LogP contribution in [0, 0.1) is 0 Å². The van der Waals surface area contributed by atoms with Crippen molar-refractivity contribution in [3.05, 3.63) is 59.4 Å². The van der Waals surface area contributed by atoms with E-state index in [4.69, 9.17) is 11.6 Å². The summed E-state index contributed by atoms with van der Waals surface area (Å²) in [4.78, 5) is 15.7. The summed E-state index contributed by atoms with van der Waals surface area (Å²) >= 11 is 5.91. The lowest BCUT2D eigenvalue weighted by Gasteiger charge is -2.04. The average Bonchev–Trinajstić information content (AvgIpc) is 2.76. The van der Waals surface area contributed by atoms with Crippen LogP contribution in [-0.4, -0.2) is 20.5 Å². The van der Waals surface area contributed by atoms with Crippen molar-refractivity contribution in [3.63, 3.8) is 0 Å². The number of aromatic carboxylic acids is 1. The summed E-state index contributed by atoms with van der Waals surface area (Å²) in [5.74, 6) is -0.765. The van der Waals surface area contributed by atoms with Crippen molar-refractivity contribution in [1.29, 1.82) is 0 Å². The molecule has 2 aromatic heterocycles. The van der Waals surface area contributed by atoms with E-state index >= 15 is 0 Å². The van der Waals surface area contributed by atoms with Crippen LogP contribution in [0.2, 0.25) is 5.02 Å². The molecule has 0 radical (unpaired) electrons. The molecule has 100 valence electrons. The minimum Gasteiger partial charge on any atom is -0.476 e. The standard InChI is InChI=1S/C14H10ClN3O2/c15-9-4-3-5-10(8-9)16-13-12(14(19)20)18-7-2-1-6-11(18)17-13/h1-8,16H,(H,19,20). The molecule has 0 aliphatic heterocycles. The zero-order chi connectivity index (χ0) is 14.1. The number of aromatic nitrogens is 2. The molecule has 20 heavy (non-hydrogen) atoms. The van der Waals surface area contributed by atoms with Gasteiger partial charge in [-0.3, -0.25) is 4.40 Å². The molecule has 0 aliphatic carbocycles. The zero-order valence-corrected chi connectivity index (χ0v) is 11.0. The number of benzene rings is 1. The van der Waals surface area contributed by atoms with E-state index in [2.05, 4.69) is 10.3 Å². The first-order chi connectivity index (χ1) is 9.65. The van der Waals surface area contributed by atoms with E-state index in [0.29, 0.717) is 16.4 Å². The van der Waals surface area contributed by atoms with E-state index < -0.39 is 5.97 Å². The van der Waals surface area contributed by atoms with E-state index in [9.17, 15) is 9.90 Å². The Balaban J connectivity index is 2.11. The summed E-state index contributed by atoms with van der Waals surface area (Å²) in [6, 6.07) is 12.3. The highest BCUT2D eigenvalue weighted by Crippen LogP contribution is 2.23. The van der Waals surface area contributed by atoms with Gasteiger partial charge in [0.2, 0.25) is 0 Å². The first kappa shape index (κ1) is 12.5. The Bertz CT molecular complexity index is 798. The van der Waals surface area contributed by atoms with Crippen LogP contribution in [0.15, 0.2) is 48.7 Å². The van der Waals surface area contributed by atoms with Crippen LogP contribution in [0.3, 0.4) is 0 Å². The predicted molar refractivity (Wildman–Crippen MR) is 76.9 cm³/mol. The lowest BCUT2D eigenvalue weighted by molar-refractivity contribution is 0.0690. The third-order valence-electron chi connectivity index (χ3n) is 2.82. The third kappa shape index (κ3) is 2.19. The molecule has 0 atom stereocenters. The second kappa shape index (κ2) is 4.86. The van der Waals surface area contributed by atoms with Crippen molar-refractivity contribution < 1.29 is 9.90 Å². The highest BCUT2D eigenvalue weighted by molar-refractivity contribution is 6.30. The first-order valence-corrected chi connectivity index (χ1v) is 6.26. The number of nitrogens with one attached hydrogen (secondary N) is 1. The molecule has 1 aromatic carbocycles. The molecule has 3 rings (SSSR count). The highest BCUT2D eigenvalue weighted by Gasteiger charge is 2.18. The Morgan fingerprint density at radius 3 is 2.85 bits per heavy atom. The molecule has 5 nitrogen and oxygen atoms in total. The van der Waals surface area contributed by atoms with Crippen molar-refractivity contribution in [2.45, 2.75) is 0 Å². The van der Waals surface area contributed by atoms with Gasteiger partial charge >= 0.3 is 5.97 Å². The molecule has 0 amide bonds. The summed E-state index contributed by atoms with van der Waals surface area (Å²) in [6.07, 6.45) is 1.66. The molecule has 0 unspecified atom stereocenters. The van der Waals surface area contributed by atoms with E-state index in [1.54, 1.807) is 48.7 Å². The number of hydrogen-bond donors (Lipinski definition) is 2. The average molecular weight is 288 g/mol. The fourth-order valence-corrected chi connectivity index (χ4v) is 2.18. The third-order valence-corrected chi connectivity index (χ3v) is 3.05. The van der Waals surface area contributed by atoms with Gasteiger partial charge in [-0.1, -0.05) is 23.7 Å². The van der Waals surface area contributed by atoms with Crippen LogP contribution < -0.4 is 5.32 Å². The summed E-state index contributed by atoms with van der Waals surface area (Å²) in [5.41, 5.74) is 1.33. The number of rotatable bonds is 3. The molecule has 2 N–H and O–H groups in total. The summed E-state index contributed by atoms with van der Waals surface area (Å²) in [6.45, 7) is 0. The molecule has 0 saturated heterocycles. The zero-order valence-electron chi connectivity index (χ0n) is 10.2. The SMILES string of the molecule is O=C(O)c1c(Nc2cccc(Cl)c2)nc2ccccn12. The summed E-state index contributed by atoms with van der Waals surface area (Å²) < 4.78 is 1.52. The Morgan fingerprint density at radius 2 is 2.10 bits per heavy atom. The maximum atomic E-state index is 11.4. The second-order valence-corrected chi connectivity index (χ2v) is 4.61. The molecule has 0 spiro atoms. The van der Waals surface area contributed by atoms with Crippen molar-refractivity contribution in [2.24, 2.45) is 0 Å². The number of nitrogens with zero attached hydrogens (tertiary/aromatic N) is 2. The van der Waals surface area contributed by atoms with Crippen molar-refractivity contribution in [2.75, 3.05) is 5.32 Å². The predicted octanol–water partition coefficient (Wildman–Crippen LogP) is 3.43. The Hall–Kier alpha value is -2.53. The fraction of sp³-hybridized carbons (Fsp3) is 0. The van der Waals surface area contributed by atoms with Crippen LogP contribution in [0.5, 0.6) is 0 Å². The smallest absolute Gasteiger partial charge is 0.356 e. The lowest BCUT2D eigenvalue weighted by atomic mass is 10.3. The maximum Gasteiger partial charge on any atom is 0.356 e. The fourth-order valence-electron chi connectivity index (χ4n) is 1.99. The number of carbonyl (C=O) groups is 1. The molecule has 0 bridgehead atoms. The quantitative estimate of drug-likeness (QED) is 0.774. The largest absolute Gasteiger partial charge is 0.476 e. The van der Waals surface area contributed by atoms with Gasteiger partial charge in [0.1, 0.15) is 5.65 Å². The molecule has 0 aliphatic rings. The maximum absolute atomic E-state index is 11.4. The Labute approximate surface area is 119 Å². The van der Waals surface area contributed by atoms with Gasteiger partial charge < -0.3 is 10.4 Å². The van der Waals surface area contributed by atoms with Crippen molar-refractivity contribution in [3.8, 4) is 0 Å². The highest BCUT2D eigenvalue weighted by atomic mass is 35.5. The van der Waals surface area contributed by atoms with Gasteiger partial charge in [0.15, 0.2) is 11.5 Å². The van der Waals surface area contributed by atoms with E-state index in [1.165, 1.54) is 4.40 Å². The molecule has 0 fully saturated rings. The number of anilines is 2. The van der Waals surface area contributed by atoms with E-state index in [0.717, 1.165) is 0 Å². The first-order valence-electron chi connectivity index (χ1n) is 5.88. The van der Waals surface area contributed by atoms with Crippen LogP contribution in [0.25, 0.3) is 5.65 Å². The van der Waals surface area contributed by atoms with Gasteiger partial charge in [-0.05, 0) is 30.3 Å². The van der Waals surface area contributed by atoms with Crippen molar-refractivity contribution >= 4 is 34.7 Å². The number of carboxylic acids is 1. The van der Waals surface area contributed by atoms with E-state index in [1.807, 2.05) is 0 Å². The second-order valence-electron chi connectivity index (χ2n) is 4.18. The molecule has 2 heterocycles. The Kier molecular flexibility index (Phi) is 3.04. The minimum absolute atomic E-state index is 0.0839. The van der Waals surface area contributed by atoms with Gasteiger partial charge in [0.05, 0.1) is 0 Å². The number of imidazole rings is 1. The molecule has 6 heteroatoms. The van der Waals surface area contributed by atoms with Crippen LogP contribution in [0.1, 0.15) is 10.5 Å². The summed E-state index contributed by atoms with van der Waals surface area (Å²) in [7, 11) is 0. The van der Waals surface area contributed by atoms with Gasteiger partial charge in [-0.25, -0.2) is 9.78 Å². The molecule has 0 saturated carbocycles. The van der Waals surface area contributed by atoms with Crippen molar-refractivity contribution in [1.82, 2.24) is 9.38 Å². The van der Waals surface area contributed by atoms with Crippen LogP contribution in [0.4, 0.5) is 11.5 Å². The number of fused-ring (bicyclic) bond motifs is 1. The van der Waals surface area contributed by atoms with Gasteiger partial charge in [0, 0.05) is 16.9 Å². The number of carboxylic acid groups (broad SMARTS) is 1. The molecule has 3 aromatic rings. The Morgan fingerprint density at radius 1 is 1.25 bits per heavy atom. The van der Waals surface area contributed by atoms with Gasteiger partial charge in [-0.15, -0.1) is 0 Å². The normalized spacial score (nSPS) is 10.7. The number of hydrogen-bond acceptors (Lipinski definition) is 3. The van der Waals surface area contributed by atoms with Crippen LogP contribution in [-0.2, 0) is 0 Å². The molecular weight excluding hydrogens is 278 g/mol. The van der Waals surface area contributed by atoms with E-state index in [-0.39, 0.29) is 11.5 Å². The van der Waals surface area contributed by atoms with Gasteiger partial charge in [0.25, 0.3) is 0 Å². The lowest BCUT2D eigenvalue weighted by Crippen LogP contribution is -2.05. The van der Waals surface area contributed by atoms with Gasteiger partial charge in [-0.2, -0.15) is 0 Å².